The molecule has 5 heteroatoms. The van der Waals surface area contributed by atoms with Gasteiger partial charge in [0, 0.05) is 0 Å². The van der Waals surface area contributed by atoms with E-state index in [-0.39, 0.29) is 11.3 Å². The van der Waals surface area contributed by atoms with Crippen molar-refractivity contribution < 1.29 is 4.74 Å². The number of ether oxygens (including phenoxy) is 1. The lowest BCUT2D eigenvalue weighted by Crippen LogP contribution is -2.02. The molecule has 0 saturated carbocycles. The molecule has 1 N–H and O–H groups in total. The van der Waals surface area contributed by atoms with E-state index < -0.39 is 0 Å². The van der Waals surface area contributed by atoms with Crippen molar-refractivity contribution in [1.82, 2.24) is 0 Å². The van der Waals surface area contributed by atoms with Crippen LogP contribution in [0.1, 0.15) is 5.56 Å². The molecular weight excluding hydrogens is 288 g/mol. The maximum Gasteiger partial charge on any atom is 0.163 e. The number of hydrogen-bond donors (Lipinski definition) is 1. The lowest BCUT2D eigenvalue weighted by Gasteiger charge is -2.13. The third-order valence-electron chi connectivity index (χ3n) is 3.05. The van der Waals surface area contributed by atoms with Crippen LogP contribution in [0.25, 0.3) is 0 Å². The standard InChI is InChI=1S/C18H12N4O/c1-13-6-2-4-8-17(13)23-18-9-5-3-7-15(18)22-16(12-21)14(10-19)11-20/h2-9,22H,1H3. The molecule has 2 rings (SSSR count). The van der Waals surface area contributed by atoms with E-state index in [9.17, 15) is 0 Å². The Bertz CT molecular complexity index is 863. The molecule has 2 aromatic rings. The van der Waals surface area contributed by atoms with Crippen LogP contribution in [-0.4, -0.2) is 0 Å². The summed E-state index contributed by atoms with van der Waals surface area (Å²) in [4.78, 5) is 0. The van der Waals surface area contributed by atoms with Gasteiger partial charge in [0.05, 0.1) is 5.69 Å². The summed E-state index contributed by atoms with van der Waals surface area (Å²) in [5.74, 6) is 1.18. The van der Waals surface area contributed by atoms with Crippen LogP contribution in [0.4, 0.5) is 5.69 Å². The van der Waals surface area contributed by atoms with E-state index in [4.69, 9.17) is 20.5 Å². The van der Waals surface area contributed by atoms with Crippen LogP contribution in [0.3, 0.4) is 0 Å². The number of aryl methyl sites for hydroxylation is 1. The molecule has 0 aliphatic heterocycles. The molecule has 0 heterocycles. The van der Waals surface area contributed by atoms with Gasteiger partial charge in [-0.15, -0.1) is 0 Å². The highest BCUT2D eigenvalue weighted by Crippen LogP contribution is 2.31. The van der Waals surface area contributed by atoms with E-state index in [2.05, 4.69) is 5.32 Å². The second-order valence-electron chi connectivity index (χ2n) is 4.57. The Labute approximate surface area is 134 Å². The van der Waals surface area contributed by atoms with Gasteiger partial charge in [0.2, 0.25) is 0 Å². The molecule has 0 fully saturated rings. The van der Waals surface area contributed by atoms with Crippen molar-refractivity contribution in [2.45, 2.75) is 6.92 Å². The SMILES string of the molecule is Cc1ccccc1Oc1ccccc1NC(C#N)=C(C#N)C#N. The van der Waals surface area contributed by atoms with Gasteiger partial charge in [0.1, 0.15) is 29.7 Å². The van der Waals surface area contributed by atoms with E-state index in [1.165, 1.54) is 0 Å². The summed E-state index contributed by atoms with van der Waals surface area (Å²) in [6.07, 6.45) is 0. The minimum Gasteiger partial charge on any atom is -0.455 e. The Balaban J connectivity index is 2.38. The monoisotopic (exact) mass is 300 g/mol. The van der Waals surface area contributed by atoms with Crippen LogP contribution in [-0.2, 0) is 0 Å². The van der Waals surface area contributed by atoms with Crippen LogP contribution in [0.2, 0.25) is 0 Å². The van der Waals surface area contributed by atoms with Crippen LogP contribution in [0, 0.1) is 40.9 Å². The number of hydrogen-bond acceptors (Lipinski definition) is 5. The van der Waals surface area contributed by atoms with Crippen molar-refractivity contribution in [3.8, 4) is 29.7 Å². The summed E-state index contributed by atoms with van der Waals surface area (Å²) < 4.78 is 5.87. The zero-order chi connectivity index (χ0) is 16.7. The van der Waals surface area contributed by atoms with Crippen molar-refractivity contribution in [2.75, 3.05) is 5.32 Å². The number of rotatable bonds is 4. The molecule has 0 spiro atoms. The van der Waals surface area contributed by atoms with Crippen molar-refractivity contribution >= 4 is 5.69 Å². The molecule has 5 nitrogen and oxygen atoms in total. The molecule has 0 aliphatic rings. The van der Waals surface area contributed by atoms with Gasteiger partial charge in [-0.1, -0.05) is 30.3 Å². The molecule has 0 atom stereocenters. The minimum atomic E-state index is -0.279. The fourth-order valence-electron chi connectivity index (χ4n) is 1.87. The number of allylic oxidation sites excluding steroid dienone is 2. The number of nitriles is 3. The van der Waals surface area contributed by atoms with Crippen molar-refractivity contribution in [1.29, 1.82) is 15.8 Å². The largest absolute Gasteiger partial charge is 0.455 e. The maximum absolute atomic E-state index is 9.13. The highest BCUT2D eigenvalue weighted by atomic mass is 16.5. The van der Waals surface area contributed by atoms with E-state index in [0.29, 0.717) is 17.2 Å². The predicted molar refractivity (Wildman–Crippen MR) is 85.2 cm³/mol. The molecule has 23 heavy (non-hydrogen) atoms. The molecule has 110 valence electrons. The average Bonchev–Trinajstić information content (AvgIpc) is 2.58. The molecular formula is C18H12N4O. The number of benzene rings is 2. The van der Waals surface area contributed by atoms with Gasteiger partial charge in [-0.05, 0) is 30.7 Å². The normalized spacial score (nSPS) is 8.96. The first-order valence-corrected chi connectivity index (χ1v) is 6.73. The van der Waals surface area contributed by atoms with Gasteiger partial charge in [-0.25, -0.2) is 0 Å². The summed E-state index contributed by atoms with van der Waals surface area (Å²) in [7, 11) is 0. The van der Waals surface area contributed by atoms with Gasteiger partial charge in [-0.2, -0.15) is 15.8 Å². The van der Waals surface area contributed by atoms with Crippen LogP contribution >= 0.6 is 0 Å². The summed E-state index contributed by atoms with van der Waals surface area (Å²) >= 11 is 0. The second-order valence-corrected chi connectivity index (χ2v) is 4.57. The summed E-state index contributed by atoms with van der Waals surface area (Å²) in [5, 5.41) is 29.7. The highest BCUT2D eigenvalue weighted by molar-refractivity contribution is 5.65. The summed E-state index contributed by atoms with van der Waals surface area (Å²) in [6, 6.07) is 19.8. The first-order chi connectivity index (χ1) is 11.2. The third-order valence-corrected chi connectivity index (χ3v) is 3.05. The molecule has 0 saturated heterocycles. The minimum absolute atomic E-state index is 0.115. The van der Waals surface area contributed by atoms with Gasteiger partial charge >= 0.3 is 0 Å². The quantitative estimate of drug-likeness (QED) is 0.861. The van der Waals surface area contributed by atoms with Crippen LogP contribution < -0.4 is 10.1 Å². The van der Waals surface area contributed by atoms with E-state index in [1.54, 1.807) is 36.4 Å². The first kappa shape index (κ1) is 15.6. The van der Waals surface area contributed by atoms with Gasteiger partial charge in [0.25, 0.3) is 0 Å². The van der Waals surface area contributed by atoms with Gasteiger partial charge in [0.15, 0.2) is 11.3 Å². The summed E-state index contributed by atoms with van der Waals surface area (Å²) in [5.41, 5.74) is 1.07. The Morgan fingerprint density at radius 1 is 0.870 bits per heavy atom. The van der Waals surface area contributed by atoms with Crippen LogP contribution in [0.15, 0.2) is 59.8 Å². The molecule has 2 aromatic carbocycles. The Morgan fingerprint density at radius 3 is 2.09 bits per heavy atom. The van der Waals surface area contributed by atoms with E-state index in [1.807, 2.05) is 37.3 Å². The molecule has 0 bridgehead atoms. The zero-order valence-electron chi connectivity index (χ0n) is 12.4. The molecule has 0 aliphatic carbocycles. The Hall–Kier alpha value is -3.75. The third kappa shape index (κ3) is 3.67. The van der Waals surface area contributed by atoms with Gasteiger partial charge in [-0.3, -0.25) is 0 Å². The molecule has 0 aromatic heterocycles. The fourth-order valence-corrected chi connectivity index (χ4v) is 1.87. The number of nitrogens with zero attached hydrogens (tertiary/aromatic N) is 3. The maximum atomic E-state index is 9.13. The summed E-state index contributed by atoms with van der Waals surface area (Å²) in [6.45, 7) is 1.93. The lowest BCUT2D eigenvalue weighted by molar-refractivity contribution is 0.481. The van der Waals surface area contributed by atoms with Crippen LogP contribution in [0.5, 0.6) is 11.5 Å². The molecule has 0 amide bonds. The zero-order valence-corrected chi connectivity index (χ0v) is 12.4. The predicted octanol–water partition coefficient (Wildman–Crippen LogP) is 4.02. The smallest absolute Gasteiger partial charge is 0.163 e. The topological polar surface area (TPSA) is 92.6 Å². The Morgan fingerprint density at radius 2 is 1.48 bits per heavy atom. The van der Waals surface area contributed by atoms with Gasteiger partial charge < -0.3 is 10.1 Å². The first-order valence-electron chi connectivity index (χ1n) is 6.73. The fraction of sp³-hybridized carbons (Fsp3) is 0.0556. The number of anilines is 1. The Kier molecular flexibility index (Phi) is 4.97. The van der Waals surface area contributed by atoms with Crippen molar-refractivity contribution in [3.05, 3.63) is 65.4 Å². The van der Waals surface area contributed by atoms with E-state index >= 15 is 0 Å². The lowest BCUT2D eigenvalue weighted by atomic mass is 10.2. The van der Waals surface area contributed by atoms with Crippen molar-refractivity contribution in [2.24, 2.45) is 0 Å². The highest BCUT2D eigenvalue weighted by Gasteiger charge is 2.11. The van der Waals surface area contributed by atoms with E-state index in [0.717, 1.165) is 5.56 Å². The molecule has 0 unspecified atom stereocenters. The number of nitrogens with one attached hydrogen (secondary N) is 1. The molecule has 0 radical (unpaired) electrons. The average molecular weight is 300 g/mol. The number of para-hydroxylation sites is 3. The second kappa shape index (κ2) is 7.31. The van der Waals surface area contributed by atoms with Crippen molar-refractivity contribution in [3.63, 3.8) is 0 Å².